The van der Waals surface area contributed by atoms with Crippen molar-refractivity contribution < 1.29 is 0 Å². The van der Waals surface area contributed by atoms with Crippen LogP contribution in [-0.2, 0) is 12.8 Å². The van der Waals surface area contributed by atoms with Gasteiger partial charge in [0.05, 0.1) is 0 Å². The zero-order valence-corrected chi connectivity index (χ0v) is 16.7. The van der Waals surface area contributed by atoms with E-state index in [0.717, 1.165) is 11.4 Å². The SMILES string of the molecule is CC(C)N(CCCCc1ccccc1)C(C)CCc1cccc(Cl)c1. The molecule has 0 bridgehead atoms. The van der Waals surface area contributed by atoms with Gasteiger partial charge in [0.1, 0.15) is 0 Å². The summed E-state index contributed by atoms with van der Waals surface area (Å²) >= 11 is 6.10. The summed E-state index contributed by atoms with van der Waals surface area (Å²) in [6.45, 7) is 8.17. The molecule has 2 heteroatoms. The third kappa shape index (κ3) is 7.22. The highest BCUT2D eigenvalue weighted by Gasteiger charge is 2.16. The van der Waals surface area contributed by atoms with E-state index in [0.29, 0.717) is 12.1 Å². The van der Waals surface area contributed by atoms with Crippen LogP contribution in [0.15, 0.2) is 54.6 Å². The molecular formula is C23H32ClN. The minimum Gasteiger partial charge on any atom is -0.298 e. The van der Waals surface area contributed by atoms with E-state index < -0.39 is 0 Å². The smallest absolute Gasteiger partial charge is 0.0408 e. The molecule has 2 aromatic carbocycles. The Kier molecular flexibility index (Phi) is 8.51. The van der Waals surface area contributed by atoms with Gasteiger partial charge in [0.2, 0.25) is 0 Å². The Balaban J connectivity index is 1.76. The van der Waals surface area contributed by atoms with Crippen molar-refractivity contribution in [2.75, 3.05) is 6.54 Å². The molecule has 0 amide bonds. The zero-order chi connectivity index (χ0) is 18.1. The topological polar surface area (TPSA) is 3.24 Å². The van der Waals surface area contributed by atoms with Crippen LogP contribution in [0, 0.1) is 0 Å². The van der Waals surface area contributed by atoms with Crippen molar-refractivity contribution in [3.8, 4) is 0 Å². The van der Waals surface area contributed by atoms with Gasteiger partial charge in [0.25, 0.3) is 0 Å². The highest BCUT2D eigenvalue weighted by molar-refractivity contribution is 6.30. The molecule has 0 N–H and O–H groups in total. The van der Waals surface area contributed by atoms with Crippen LogP contribution in [0.2, 0.25) is 5.02 Å². The van der Waals surface area contributed by atoms with Crippen molar-refractivity contribution in [1.82, 2.24) is 4.90 Å². The molecule has 1 atom stereocenters. The first-order valence-electron chi connectivity index (χ1n) is 9.60. The van der Waals surface area contributed by atoms with Gasteiger partial charge in [-0.25, -0.2) is 0 Å². The lowest BCUT2D eigenvalue weighted by Gasteiger charge is -2.33. The van der Waals surface area contributed by atoms with Crippen molar-refractivity contribution in [2.45, 2.75) is 65.0 Å². The largest absolute Gasteiger partial charge is 0.298 e. The van der Waals surface area contributed by atoms with Gasteiger partial charge >= 0.3 is 0 Å². The first kappa shape index (κ1) is 20.0. The van der Waals surface area contributed by atoms with Gasteiger partial charge in [-0.05, 0) is 82.7 Å². The van der Waals surface area contributed by atoms with Crippen LogP contribution < -0.4 is 0 Å². The van der Waals surface area contributed by atoms with Crippen molar-refractivity contribution in [3.05, 3.63) is 70.7 Å². The predicted octanol–water partition coefficient (Wildman–Crippen LogP) is 6.39. The van der Waals surface area contributed by atoms with Gasteiger partial charge in [0.15, 0.2) is 0 Å². The number of benzene rings is 2. The van der Waals surface area contributed by atoms with Crippen LogP contribution in [0.25, 0.3) is 0 Å². The predicted molar refractivity (Wildman–Crippen MR) is 110 cm³/mol. The third-order valence-electron chi connectivity index (χ3n) is 4.94. The van der Waals surface area contributed by atoms with E-state index >= 15 is 0 Å². The normalized spacial score (nSPS) is 12.7. The molecule has 0 aliphatic rings. The van der Waals surface area contributed by atoms with Crippen LogP contribution in [0.1, 0.15) is 51.2 Å². The maximum Gasteiger partial charge on any atom is 0.0408 e. The van der Waals surface area contributed by atoms with Gasteiger partial charge in [-0.1, -0.05) is 54.1 Å². The fourth-order valence-corrected chi connectivity index (χ4v) is 3.70. The second-order valence-electron chi connectivity index (χ2n) is 7.29. The summed E-state index contributed by atoms with van der Waals surface area (Å²) < 4.78 is 0. The molecule has 0 saturated carbocycles. The zero-order valence-electron chi connectivity index (χ0n) is 15.9. The van der Waals surface area contributed by atoms with Crippen LogP contribution in [0.3, 0.4) is 0 Å². The molecule has 0 aliphatic carbocycles. The molecule has 25 heavy (non-hydrogen) atoms. The van der Waals surface area contributed by atoms with E-state index in [-0.39, 0.29) is 0 Å². The summed E-state index contributed by atoms with van der Waals surface area (Å²) in [6.07, 6.45) is 5.97. The van der Waals surface area contributed by atoms with Gasteiger partial charge in [-0.15, -0.1) is 0 Å². The van der Waals surface area contributed by atoms with E-state index in [9.17, 15) is 0 Å². The summed E-state index contributed by atoms with van der Waals surface area (Å²) in [6, 6.07) is 20.3. The average Bonchev–Trinajstić information content (AvgIpc) is 2.60. The Morgan fingerprint density at radius 3 is 2.24 bits per heavy atom. The molecule has 0 saturated heterocycles. The molecule has 0 heterocycles. The van der Waals surface area contributed by atoms with Crippen molar-refractivity contribution in [2.24, 2.45) is 0 Å². The fraction of sp³-hybridized carbons (Fsp3) is 0.478. The Morgan fingerprint density at radius 2 is 1.56 bits per heavy atom. The van der Waals surface area contributed by atoms with Crippen molar-refractivity contribution in [3.63, 3.8) is 0 Å². The maximum absolute atomic E-state index is 6.10. The van der Waals surface area contributed by atoms with E-state index in [1.165, 1.54) is 43.4 Å². The van der Waals surface area contributed by atoms with Crippen LogP contribution in [-0.4, -0.2) is 23.5 Å². The standard InChI is InChI=1S/C23H32ClN/c1-19(2)25(17-8-7-12-21-10-5-4-6-11-21)20(3)15-16-22-13-9-14-23(24)18-22/h4-6,9-11,13-14,18-20H,7-8,12,15-17H2,1-3H3. The summed E-state index contributed by atoms with van der Waals surface area (Å²) in [7, 11) is 0. The molecule has 0 spiro atoms. The Morgan fingerprint density at radius 1 is 0.840 bits per heavy atom. The summed E-state index contributed by atoms with van der Waals surface area (Å²) in [4.78, 5) is 2.65. The molecule has 0 fully saturated rings. The number of hydrogen-bond donors (Lipinski definition) is 0. The van der Waals surface area contributed by atoms with Gasteiger partial charge in [0, 0.05) is 17.1 Å². The van der Waals surface area contributed by atoms with Gasteiger partial charge in [-0.3, -0.25) is 4.90 Å². The van der Waals surface area contributed by atoms with E-state index in [4.69, 9.17) is 11.6 Å². The lowest BCUT2D eigenvalue weighted by Crippen LogP contribution is -2.39. The molecule has 1 unspecified atom stereocenters. The number of aryl methyl sites for hydroxylation is 2. The number of hydrogen-bond acceptors (Lipinski definition) is 1. The van der Waals surface area contributed by atoms with Crippen molar-refractivity contribution >= 4 is 11.6 Å². The number of rotatable bonds is 10. The molecule has 0 aliphatic heterocycles. The lowest BCUT2D eigenvalue weighted by molar-refractivity contribution is 0.153. The Bertz CT molecular complexity index is 608. The number of halogens is 1. The van der Waals surface area contributed by atoms with Crippen molar-refractivity contribution in [1.29, 1.82) is 0 Å². The molecular weight excluding hydrogens is 326 g/mol. The number of nitrogens with zero attached hydrogens (tertiary/aromatic N) is 1. The summed E-state index contributed by atoms with van der Waals surface area (Å²) in [5.74, 6) is 0. The van der Waals surface area contributed by atoms with Crippen LogP contribution in [0.4, 0.5) is 0 Å². The maximum atomic E-state index is 6.10. The molecule has 2 rings (SSSR count). The summed E-state index contributed by atoms with van der Waals surface area (Å²) in [5, 5.41) is 0.840. The highest BCUT2D eigenvalue weighted by atomic mass is 35.5. The lowest BCUT2D eigenvalue weighted by atomic mass is 10.0. The molecule has 1 nitrogen and oxygen atoms in total. The average molecular weight is 358 g/mol. The first-order chi connectivity index (χ1) is 12.1. The minimum atomic E-state index is 0.589. The van der Waals surface area contributed by atoms with Gasteiger partial charge < -0.3 is 0 Å². The Labute approximate surface area is 159 Å². The second-order valence-corrected chi connectivity index (χ2v) is 7.73. The third-order valence-corrected chi connectivity index (χ3v) is 5.18. The van der Waals surface area contributed by atoms with Crippen LogP contribution >= 0.6 is 11.6 Å². The summed E-state index contributed by atoms with van der Waals surface area (Å²) in [5.41, 5.74) is 2.79. The van der Waals surface area contributed by atoms with E-state index in [1.54, 1.807) is 0 Å². The van der Waals surface area contributed by atoms with Gasteiger partial charge in [-0.2, -0.15) is 0 Å². The fourth-order valence-electron chi connectivity index (χ4n) is 3.49. The quantitative estimate of drug-likeness (QED) is 0.445. The van der Waals surface area contributed by atoms with E-state index in [2.05, 4.69) is 68.1 Å². The minimum absolute atomic E-state index is 0.589. The molecule has 0 radical (unpaired) electrons. The monoisotopic (exact) mass is 357 g/mol. The van der Waals surface area contributed by atoms with Crippen LogP contribution in [0.5, 0.6) is 0 Å². The second kappa shape index (κ2) is 10.6. The highest BCUT2D eigenvalue weighted by Crippen LogP contribution is 2.17. The molecule has 136 valence electrons. The van der Waals surface area contributed by atoms with E-state index in [1.807, 2.05) is 12.1 Å². The molecule has 2 aromatic rings. The number of unbranched alkanes of at least 4 members (excludes halogenated alkanes) is 1. The molecule has 0 aromatic heterocycles. The first-order valence-corrected chi connectivity index (χ1v) is 9.98. The Hall–Kier alpha value is -1.31.